The van der Waals surface area contributed by atoms with E-state index in [0.717, 1.165) is 21.8 Å². The number of carboxylic acids is 1. The van der Waals surface area contributed by atoms with E-state index in [1.54, 1.807) is 24.3 Å². The second kappa shape index (κ2) is 3.75. The SMILES string of the molecule is O=C(O)c1cc2c(s1)-c1cc(Cl)ccc1OC2. The lowest BCUT2D eigenvalue weighted by Gasteiger charge is -2.17. The maximum atomic E-state index is 10.9. The number of hydrogen-bond donors (Lipinski definition) is 1. The van der Waals surface area contributed by atoms with Crippen LogP contribution < -0.4 is 4.74 Å². The average molecular weight is 267 g/mol. The minimum absolute atomic E-state index is 0.325. The number of carbonyl (C=O) groups is 1. The van der Waals surface area contributed by atoms with Crippen molar-refractivity contribution < 1.29 is 14.6 Å². The van der Waals surface area contributed by atoms with Crippen molar-refractivity contribution in [1.29, 1.82) is 0 Å². The predicted molar refractivity (Wildman–Crippen MR) is 66.1 cm³/mol. The summed E-state index contributed by atoms with van der Waals surface area (Å²) in [6.45, 7) is 0.410. The van der Waals surface area contributed by atoms with E-state index in [-0.39, 0.29) is 0 Å². The molecule has 0 saturated heterocycles. The van der Waals surface area contributed by atoms with Gasteiger partial charge in [-0.15, -0.1) is 11.3 Å². The molecule has 0 bridgehead atoms. The standard InChI is InChI=1S/C12H7ClO3S/c13-7-1-2-9-8(4-7)11-6(5-16-9)3-10(17-11)12(14)15/h1-4H,5H2,(H,14,15). The largest absolute Gasteiger partial charge is 0.488 e. The van der Waals surface area contributed by atoms with Gasteiger partial charge in [0.2, 0.25) is 0 Å². The van der Waals surface area contributed by atoms with Crippen LogP contribution in [0, 0.1) is 0 Å². The van der Waals surface area contributed by atoms with Gasteiger partial charge in [-0.25, -0.2) is 4.79 Å². The van der Waals surface area contributed by atoms with Crippen molar-refractivity contribution in [3.05, 3.63) is 39.7 Å². The van der Waals surface area contributed by atoms with Crippen LogP contribution in [0.25, 0.3) is 10.4 Å². The molecule has 17 heavy (non-hydrogen) atoms. The molecule has 0 aliphatic carbocycles. The van der Waals surface area contributed by atoms with Gasteiger partial charge < -0.3 is 9.84 Å². The molecule has 3 rings (SSSR count). The van der Waals surface area contributed by atoms with Gasteiger partial charge in [-0.05, 0) is 24.3 Å². The van der Waals surface area contributed by atoms with E-state index >= 15 is 0 Å². The van der Waals surface area contributed by atoms with Crippen LogP contribution in [0.5, 0.6) is 5.75 Å². The van der Waals surface area contributed by atoms with E-state index in [4.69, 9.17) is 21.4 Å². The summed E-state index contributed by atoms with van der Waals surface area (Å²) in [5.74, 6) is -0.159. The number of benzene rings is 1. The van der Waals surface area contributed by atoms with Crippen LogP contribution in [0.4, 0.5) is 0 Å². The number of thiophene rings is 1. The van der Waals surface area contributed by atoms with Gasteiger partial charge in [-0.1, -0.05) is 11.6 Å². The number of carboxylic acid groups (broad SMARTS) is 1. The van der Waals surface area contributed by atoms with Gasteiger partial charge in [0.15, 0.2) is 0 Å². The predicted octanol–water partition coefficient (Wildman–Crippen LogP) is 3.66. The summed E-state index contributed by atoms with van der Waals surface area (Å²) >= 11 is 7.20. The van der Waals surface area contributed by atoms with Crippen LogP contribution in [0.1, 0.15) is 15.2 Å². The molecule has 1 aliphatic rings. The van der Waals surface area contributed by atoms with Crippen molar-refractivity contribution in [2.24, 2.45) is 0 Å². The van der Waals surface area contributed by atoms with Gasteiger partial charge in [0, 0.05) is 21.0 Å². The summed E-state index contributed by atoms with van der Waals surface area (Å²) < 4.78 is 5.55. The molecule has 1 aliphatic heterocycles. The average Bonchev–Trinajstić information content (AvgIpc) is 2.73. The first-order valence-electron chi connectivity index (χ1n) is 4.94. The maximum Gasteiger partial charge on any atom is 0.345 e. The van der Waals surface area contributed by atoms with Gasteiger partial charge in [-0.3, -0.25) is 0 Å². The molecule has 3 nitrogen and oxygen atoms in total. The Hall–Kier alpha value is -1.52. The van der Waals surface area contributed by atoms with Gasteiger partial charge in [-0.2, -0.15) is 0 Å². The summed E-state index contributed by atoms with van der Waals surface area (Å²) in [5, 5.41) is 9.60. The maximum absolute atomic E-state index is 10.9. The molecule has 0 amide bonds. The number of hydrogen-bond acceptors (Lipinski definition) is 3. The zero-order valence-corrected chi connectivity index (χ0v) is 10.1. The lowest BCUT2D eigenvalue weighted by molar-refractivity contribution is 0.0702. The Morgan fingerprint density at radius 2 is 2.24 bits per heavy atom. The van der Waals surface area contributed by atoms with E-state index in [9.17, 15) is 4.79 Å². The molecule has 0 atom stereocenters. The first kappa shape index (κ1) is 10.6. The number of rotatable bonds is 1. The summed E-state index contributed by atoms with van der Waals surface area (Å²) in [7, 11) is 0. The highest BCUT2D eigenvalue weighted by atomic mass is 35.5. The molecule has 0 fully saturated rings. The molecular formula is C12H7ClO3S. The van der Waals surface area contributed by atoms with E-state index < -0.39 is 5.97 Å². The Morgan fingerprint density at radius 1 is 1.41 bits per heavy atom. The second-order valence-electron chi connectivity index (χ2n) is 3.70. The van der Waals surface area contributed by atoms with Gasteiger partial charge >= 0.3 is 5.97 Å². The molecule has 1 aromatic heterocycles. The van der Waals surface area contributed by atoms with E-state index in [0.29, 0.717) is 16.5 Å². The monoisotopic (exact) mass is 266 g/mol. The van der Waals surface area contributed by atoms with E-state index in [1.165, 1.54) is 11.3 Å². The molecule has 86 valence electrons. The Morgan fingerprint density at radius 3 is 3.00 bits per heavy atom. The quantitative estimate of drug-likeness (QED) is 0.857. The van der Waals surface area contributed by atoms with Crippen LogP contribution in [0.2, 0.25) is 5.02 Å². The van der Waals surface area contributed by atoms with Crippen LogP contribution >= 0.6 is 22.9 Å². The van der Waals surface area contributed by atoms with Crippen LogP contribution in [-0.2, 0) is 6.61 Å². The van der Waals surface area contributed by atoms with Gasteiger partial charge in [0.1, 0.15) is 17.2 Å². The molecule has 5 heteroatoms. The third-order valence-corrected chi connectivity index (χ3v) is 4.02. The molecule has 0 radical (unpaired) electrons. The number of halogens is 1. The number of ether oxygens (including phenoxy) is 1. The van der Waals surface area contributed by atoms with Crippen molar-refractivity contribution in [2.75, 3.05) is 0 Å². The van der Waals surface area contributed by atoms with E-state index in [2.05, 4.69) is 0 Å². The fourth-order valence-corrected chi connectivity index (χ4v) is 3.03. The van der Waals surface area contributed by atoms with Crippen molar-refractivity contribution in [2.45, 2.75) is 6.61 Å². The molecule has 2 heterocycles. The minimum Gasteiger partial charge on any atom is -0.488 e. The normalized spacial score (nSPS) is 12.5. The highest BCUT2D eigenvalue weighted by molar-refractivity contribution is 7.17. The van der Waals surface area contributed by atoms with Crippen molar-refractivity contribution in [1.82, 2.24) is 0 Å². The first-order valence-corrected chi connectivity index (χ1v) is 6.13. The fraction of sp³-hybridized carbons (Fsp3) is 0.0833. The minimum atomic E-state index is -0.909. The molecular weight excluding hydrogens is 260 g/mol. The van der Waals surface area contributed by atoms with Crippen molar-refractivity contribution >= 4 is 28.9 Å². The summed E-state index contributed by atoms with van der Waals surface area (Å²) in [5.41, 5.74) is 1.78. The first-order chi connectivity index (χ1) is 8.15. The summed E-state index contributed by atoms with van der Waals surface area (Å²) in [6.07, 6.45) is 0. The van der Waals surface area contributed by atoms with Crippen LogP contribution in [-0.4, -0.2) is 11.1 Å². The highest BCUT2D eigenvalue weighted by Crippen LogP contribution is 2.43. The third kappa shape index (κ3) is 1.69. The van der Waals surface area contributed by atoms with Gasteiger partial charge in [0.05, 0.1) is 0 Å². The Labute approximate surface area is 106 Å². The molecule has 0 spiro atoms. The zero-order chi connectivity index (χ0) is 12.0. The van der Waals surface area contributed by atoms with Crippen LogP contribution in [0.3, 0.4) is 0 Å². The van der Waals surface area contributed by atoms with Crippen LogP contribution in [0.15, 0.2) is 24.3 Å². The van der Waals surface area contributed by atoms with Gasteiger partial charge in [0.25, 0.3) is 0 Å². The number of fused-ring (bicyclic) bond motifs is 3. The zero-order valence-electron chi connectivity index (χ0n) is 8.57. The van der Waals surface area contributed by atoms with Crippen molar-refractivity contribution in [3.8, 4) is 16.2 Å². The molecule has 0 unspecified atom stereocenters. The second-order valence-corrected chi connectivity index (χ2v) is 5.19. The summed E-state index contributed by atoms with van der Waals surface area (Å²) in [4.78, 5) is 12.2. The van der Waals surface area contributed by atoms with Crippen molar-refractivity contribution in [3.63, 3.8) is 0 Å². The molecule has 0 saturated carbocycles. The highest BCUT2D eigenvalue weighted by Gasteiger charge is 2.22. The Bertz CT molecular complexity index is 618. The Balaban J connectivity index is 2.21. The fourth-order valence-electron chi connectivity index (χ4n) is 1.83. The molecule has 2 aromatic rings. The lowest BCUT2D eigenvalue weighted by Crippen LogP contribution is -2.02. The molecule has 1 N–H and O–H groups in total. The molecule has 1 aromatic carbocycles. The lowest BCUT2D eigenvalue weighted by atomic mass is 10.1. The Kier molecular flexibility index (Phi) is 2.34. The topological polar surface area (TPSA) is 46.5 Å². The smallest absolute Gasteiger partial charge is 0.345 e. The van der Waals surface area contributed by atoms with E-state index in [1.807, 2.05) is 0 Å². The number of aromatic carboxylic acids is 1. The third-order valence-electron chi connectivity index (χ3n) is 2.59. The summed E-state index contributed by atoms with van der Waals surface area (Å²) in [6, 6.07) is 7.03.